The molecule has 1 atom stereocenters. The van der Waals surface area contributed by atoms with Gasteiger partial charge in [-0.3, -0.25) is 0 Å². The zero-order chi connectivity index (χ0) is 13.8. The summed E-state index contributed by atoms with van der Waals surface area (Å²) in [6, 6.07) is 6.21. The lowest BCUT2D eigenvalue weighted by Crippen LogP contribution is -2.32. The minimum absolute atomic E-state index is 0.188. The van der Waals surface area contributed by atoms with Crippen LogP contribution in [0.1, 0.15) is 23.6 Å². The van der Waals surface area contributed by atoms with E-state index >= 15 is 0 Å². The highest BCUT2D eigenvalue weighted by Crippen LogP contribution is 2.16. The molecule has 1 aromatic rings. The van der Waals surface area contributed by atoms with Gasteiger partial charge in [0.25, 0.3) is 0 Å². The Morgan fingerprint density at radius 1 is 1.22 bits per heavy atom. The highest BCUT2D eigenvalue weighted by Gasteiger charge is 2.26. The van der Waals surface area contributed by atoms with Crippen molar-refractivity contribution in [2.24, 2.45) is 5.92 Å². The third kappa shape index (κ3) is 5.54. The van der Waals surface area contributed by atoms with E-state index in [1.165, 1.54) is 16.7 Å². The maximum absolute atomic E-state index is 12.0. The molecular weight excluding hydrogens is 239 g/mol. The Morgan fingerprint density at radius 3 is 2.50 bits per heavy atom. The second kappa shape index (κ2) is 6.23. The summed E-state index contributed by atoms with van der Waals surface area (Å²) in [4.78, 5) is 0. The van der Waals surface area contributed by atoms with E-state index in [0.29, 0.717) is 6.54 Å². The van der Waals surface area contributed by atoms with Crippen LogP contribution in [0, 0.1) is 19.8 Å². The maximum Gasteiger partial charge on any atom is 0.401 e. The fraction of sp³-hybridized carbons (Fsp3) is 0.571. The lowest BCUT2D eigenvalue weighted by atomic mass is 9.96. The highest BCUT2D eigenvalue weighted by molar-refractivity contribution is 5.30. The number of alkyl halides is 3. The largest absolute Gasteiger partial charge is 0.401 e. The van der Waals surface area contributed by atoms with Crippen molar-refractivity contribution in [1.82, 2.24) is 5.32 Å². The molecular formula is C14H20F3N. The van der Waals surface area contributed by atoms with E-state index in [9.17, 15) is 13.2 Å². The summed E-state index contributed by atoms with van der Waals surface area (Å²) in [5, 5.41) is 2.45. The molecule has 0 aliphatic carbocycles. The molecule has 1 unspecified atom stereocenters. The molecule has 4 heteroatoms. The number of halogens is 3. The van der Waals surface area contributed by atoms with Crippen molar-refractivity contribution in [3.05, 3.63) is 34.9 Å². The summed E-state index contributed by atoms with van der Waals surface area (Å²) in [5.41, 5.74) is 3.60. The normalized spacial score (nSPS) is 13.7. The molecule has 0 saturated carbocycles. The Bertz CT molecular complexity index is 385. The molecule has 0 aliphatic rings. The van der Waals surface area contributed by atoms with Gasteiger partial charge in [0.15, 0.2) is 0 Å². The number of benzene rings is 1. The SMILES string of the molecule is Cc1ccc(C)c(CC(C)CNCC(F)(F)F)c1. The molecule has 1 N–H and O–H groups in total. The predicted molar refractivity (Wildman–Crippen MR) is 67.7 cm³/mol. The smallest absolute Gasteiger partial charge is 0.308 e. The fourth-order valence-corrected chi connectivity index (χ4v) is 1.93. The Balaban J connectivity index is 2.44. The van der Waals surface area contributed by atoms with E-state index in [0.717, 1.165) is 6.42 Å². The van der Waals surface area contributed by atoms with E-state index in [4.69, 9.17) is 0 Å². The van der Waals surface area contributed by atoms with Crippen LogP contribution in [-0.2, 0) is 6.42 Å². The summed E-state index contributed by atoms with van der Waals surface area (Å²) in [5.74, 6) is 0.188. The molecule has 0 spiro atoms. The topological polar surface area (TPSA) is 12.0 Å². The molecule has 0 bridgehead atoms. The molecule has 0 saturated heterocycles. The molecule has 0 fully saturated rings. The fourth-order valence-electron chi connectivity index (χ4n) is 1.93. The van der Waals surface area contributed by atoms with Crippen molar-refractivity contribution in [2.45, 2.75) is 33.4 Å². The highest BCUT2D eigenvalue weighted by atomic mass is 19.4. The first-order valence-electron chi connectivity index (χ1n) is 6.11. The standard InChI is InChI=1S/C14H20F3N/c1-10-4-5-12(3)13(6-10)7-11(2)8-18-9-14(15,16)17/h4-6,11,18H,7-9H2,1-3H3. The van der Waals surface area contributed by atoms with Crippen LogP contribution in [0.25, 0.3) is 0 Å². The summed E-state index contributed by atoms with van der Waals surface area (Å²) < 4.78 is 36.0. The molecule has 0 heterocycles. The van der Waals surface area contributed by atoms with Crippen LogP contribution in [0.4, 0.5) is 13.2 Å². The molecule has 0 aromatic heterocycles. The van der Waals surface area contributed by atoms with Gasteiger partial charge in [0.2, 0.25) is 0 Å². The minimum atomic E-state index is -4.13. The Morgan fingerprint density at radius 2 is 1.89 bits per heavy atom. The van der Waals surface area contributed by atoms with Gasteiger partial charge < -0.3 is 5.32 Å². The number of rotatable bonds is 5. The van der Waals surface area contributed by atoms with Crippen LogP contribution < -0.4 is 5.32 Å². The summed E-state index contributed by atoms with van der Waals surface area (Å²) in [6.45, 7) is 5.49. The lowest BCUT2D eigenvalue weighted by Gasteiger charge is -2.15. The quantitative estimate of drug-likeness (QED) is 0.851. The molecule has 1 rings (SSSR count). The van der Waals surface area contributed by atoms with Crippen molar-refractivity contribution >= 4 is 0 Å². The van der Waals surface area contributed by atoms with Gasteiger partial charge in [-0.25, -0.2) is 0 Å². The van der Waals surface area contributed by atoms with Crippen molar-refractivity contribution < 1.29 is 13.2 Å². The van der Waals surface area contributed by atoms with E-state index in [2.05, 4.69) is 17.4 Å². The Kier molecular flexibility index (Phi) is 5.20. The number of hydrogen-bond donors (Lipinski definition) is 1. The van der Waals surface area contributed by atoms with Gasteiger partial charge in [0.1, 0.15) is 0 Å². The number of nitrogens with one attached hydrogen (secondary N) is 1. The average Bonchev–Trinajstić information content (AvgIpc) is 2.21. The maximum atomic E-state index is 12.0. The molecule has 102 valence electrons. The summed E-state index contributed by atoms with van der Waals surface area (Å²) in [6.07, 6.45) is -3.32. The van der Waals surface area contributed by atoms with Crippen molar-refractivity contribution in [3.8, 4) is 0 Å². The molecule has 1 aromatic carbocycles. The van der Waals surface area contributed by atoms with Crippen LogP contribution in [0.2, 0.25) is 0 Å². The zero-order valence-electron chi connectivity index (χ0n) is 11.1. The number of hydrogen-bond acceptors (Lipinski definition) is 1. The third-order valence-corrected chi connectivity index (χ3v) is 2.89. The lowest BCUT2D eigenvalue weighted by molar-refractivity contribution is -0.125. The van der Waals surface area contributed by atoms with Gasteiger partial charge in [-0.15, -0.1) is 0 Å². The Labute approximate surface area is 106 Å². The van der Waals surface area contributed by atoms with Gasteiger partial charge in [-0.05, 0) is 43.9 Å². The third-order valence-electron chi connectivity index (χ3n) is 2.89. The van der Waals surface area contributed by atoms with E-state index in [-0.39, 0.29) is 5.92 Å². The molecule has 1 nitrogen and oxygen atoms in total. The van der Waals surface area contributed by atoms with Gasteiger partial charge in [-0.2, -0.15) is 13.2 Å². The van der Waals surface area contributed by atoms with Crippen LogP contribution in [0.15, 0.2) is 18.2 Å². The predicted octanol–water partition coefficient (Wildman–Crippen LogP) is 3.63. The second-order valence-electron chi connectivity index (χ2n) is 4.99. The summed E-state index contributed by atoms with van der Waals surface area (Å²) in [7, 11) is 0. The van der Waals surface area contributed by atoms with Crippen LogP contribution in [0.5, 0.6) is 0 Å². The average molecular weight is 259 g/mol. The van der Waals surface area contributed by atoms with Crippen LogP contribution >= 0.6 is 0 Å². The molecule has 0 aliphatic heterocycles. The first-order chi connectivity index (χ1) is 8.28. The van der Waals surface area contributed by atoms with Crippen molar-refractivity contribution in [2.75, 3.05) is 13.1 Å². The van der Waals surface area contributed by atoms with E-state index in [1.807, 2.05) is 26.8 Å². The Hall–Kier alpha value is -1.03. The van der Waals surface area contributed by atoms with Gasteiger partial charge in [0, 0.05) is 0 Å². The van der Waals surface area contributed by atoms with Gasteiger partial charge in [-0.1, -0.05) is 30.7 Å². The van der Waals surface area contributed by atoms with Crippen molar-refractivity contribution in [3.63, 3.8) is 0 Å². The van der Waals surface area contributed by atoms with Gasteiger partial charge in [0.05, 0.1) is 6.54 Å². The van der Waals surface area contributed by atoms with Crippen LogP contribution in [-0.4, -0.2) is 19.3 Å². The van der Waals surface area contributed by atoms with Gasteiger partial charge >= 0.3 is 6.18 Å². The van der Waals surface area contributed by atoms with Crippen molar-refractivity contribution in [1.29, 1.82) is 0 Å². The summed E-state index contributed by atoms with van der Waals surface area (Å²) >= 11 is 0. The van der Waals surface area contributed by atoms with E-state index in [1.54, 1.807) is 0 Å². The number of aryl methyl sites for hydroxylation is 2. The van der Waals surface area contributed by atoms with Crippen LogP contribution in [0.3, 0.4) is 0 Å². The molecule has 0 radical (unpaired) electrons. The minimum Gasteiger partial charge on any atom is -0.308 e. The molecule has 0 amide bonds. The zero-order valence-corrected chi connectivity index (χ0v) is 11.1. The monoisotopic (exact) mass is 259 g/mol. The van der Waals surface area contributed by atoms with E-state index < -0.39 is 12.7 Å². The molecule has 18 heavy (non-hydrogen) atoms. The second-order valence-corrected chi connectivity index (χ2v) is 4.99. The first kappa shape index (κ1) is 15.0. The first-order valence-corrected chi connectivity index (χ1v) is 6.11.